The Bertz CT molecular complexity index is 281. The Hall–Kier alpha value is -0.830. The molecule has 0 radical (unpaired) electrons. The van der Waals surface area contributed by atoms with E-state index in [-0.39, 0.29) is 6.10 Å². The molecule has 0 saturated carbocycles. The van der Waals surface area contributed by atoms with E-state index in [2.05, 4.69) is 19.0 Å². The predicted molar refractivity (Wildman–Crippen MR) is 59.8 cm³/mol. The van der Waals surface area contributed by atoms with Gasteiger partial charge in [0.2, 0.25) is 0 Å². The van der Waals surface area contributed by atoms with Gasteiger partial charge in [0.05, 0.1) is 11.8 Å². The zero-order chi connectivity index (χ0) is 11.3. The summed E-state index contributed by atoms with van der Waals surface area (Å²) < 4.78 is 10.9. The lowest BCUT2D eigenvalue weighted by atomic mass is 10.0. The van der Waals surface area contributed by atoms with Crippen molar-refractivity contribution in [2.24, 2.45) is 5.92 Å². The van der Waals surface area contributed by atoms with E-state index in [0.717, 1.165) is 30.9 Å². The van der Waals surface area contributed by atoms with Crippen LogP contribution in [-0.2, 0) is 11.2 Å². The van der Waals surface area contributed by atoms with Crippen LogP contribution in [0.25, 0.3) is 0 Å². The first kappa shape index (κ1) is 12.2. The quantitative estimate of drug-likeness (QED) is 0.725. The SMILES string of the molecule is CCOC(Cc1cc(C)no1)CC(C)C. The highest BCUT2D eigenvalue weighted by Crippen LogP contribution is 2.14. The van der Waals surface area contributed by atoms with E-state index in [1.807, 2.05) is 19.9 Å². The van der Waals surface area contributed by atoms with Crippen molar-refractivity contribution in [1.82, 2.24) is 5.16 Å². The van der Waals surface area contributed by atoms with Gasteiger partial charge in [-0.05, 0) is 26.2 Å². The first-order valence-corrected chi connectivity index (χ1v) is 5.65. The van der Waals surface area contributed by atoms with Gasteiger partial charge in [-0.3, -0.25) is 0 Å². The number of aryl methyl sites for hydroxylation is 1. The smallest absolute Gasteiger partial charge is 0.139 e. The summed E-state index contributed by atoms with van der Waals surface area (Å²) in [5, 5.41) is 3.88. The van der Waals surface area contributed by atoms with Crippen LogP contribution in [0.2, 0.25) is 0 Å². The van der Waals surface area contributed by atoms with Gasteiger partial charge in [0, 0.05) is 19.1 Å². The summed E-state index contributed by atoms with van der Waals surface area (Å²) in [5.74, 6) is 1.57. The Kier molecular flexibility index (Phi) is 4.82. The second kappa shape index (κ2) is 5.91. The molecule has 1 unspecified atom stereocenters. The minimum atomic E-state index is 0.252. The van der Waals surface area contributed by atoms with Crippen molar-refractivity contribution in [3.8, 4) is 0 Å². The van der Waals surface area contributed by atoms with Gasteiger partial charge in [-0.1, -0.05) is 19.0 Å². The standard InChI is InChI=1S/C12H21NO2/c1-5-14-11(6-9(2)3)8-12-7-10(4)13-15-12/h7,9,11H,5-6,8H2,1-4H3. The molecule has 0 bridgehead atoms. The van der Waals surface area contributed by atoms with E-state index in [1.54, 1.807) is 0 Å². The highest BCUT2D eigenvalue weighted by atomic mass is 16.5. The lowest BCUT2D eigenvalue weighted by Crippen LogP contribution is -2.18. The third kappa shape index (κ3) is 4.47. The average Bonchev–Trinajstić information content (AvgIpc) is 2.50. The van der Waals surface area contributed by atoms with Crippen molar-refractivity contribution in [2.75, 3.05) is 6.61 Å². The third-order valence-corrected chi connectivity index (χ3v) is 2.24. The Balaban J connectivity index is 2.50. The second-order valence-corrected chi connectivity index (χ2v) is 4.35. The number of nitrogens with zero attached hydrogens (tertiary/aromatic N) is 1. The maximum atomic E-state index is 5.68. The fraction of sp³-hybridized carbons (Fsp3) is 0.750. The lowest BCUT2D eigenvalue weighted by molar-refractivity contribution is 0.0440. The Morgan fingerprint density at radius 2 is 2.20 bits per heavy atom. The van der Waals surface area contributed by atoms with Gasteiger partial charge in [-0.2, -0.15) is 0 Å². The van der Waals surface area contributed by atoms with Crippen LogP contribution in [0.4, 0.5) is 0 Å². The highest BCUT2D eigenvalue weighted by molar-refractivity contribution is 5.04. The zero-order valence-corrected chi connectivity index (χ0v) is 10.1. The minimum Gasteiger partial charge on any atom is -0.378 e. The predicted octanol–water partition coefficient (Wildman–Crippen LogP) is 2.98. The molecule has 0 fully saturated rings. The molecule has 0 aliphatic heterocycles. The summed E-state index contributed by atoms with van der Waals surface area (Å²) in [6, 6.07) is 1.98. The zero-order valence-electron chi connectivity index (χ0n) is 10.1. The molecule has 0 amide bonds. The van der Waals surface area contributed by atoms with Crippen LogP contribution in [0.15, 0.2) is 10.6 Å². The lowest BCUT2D eigenvalue weighted by Gasteiger charge is -2.17. The van der Waals surface area contributed by atoms with Crippen LogP contribution in [0.3, 0.4) is 0 Å². The third-order valence-electron chi connectivity index (χ3n) is 2.24. The monoisotopic (exact) mass is 211 g/mol. The summed E-state index contributed by atoms with van der Waals surface area (Å²) >= 11 is 0. The van der Waals surface area contributed by atoms with Gasteiger partial charge in [-0.15, -0.1) is 0 Å². The van der Waals surface area contributed by atoms with E-state index in [4.69, 9.17) is 9.26 Å². The molecule has 1 heterocycles. The molecular weight excluding hydrogens is 190 g/mol. The Labute approximate surface area is 91.8 Å². The van der Waals surface area contributed by atoms with Crippen molar-refractivity contribution in [2.45, 2.75) is 46.6 Å². The Morgan fingerprint density at radius 1 is 1.47 bits per heavy atom. The fourth-order valence-corrected chi connectivity index (χ4v) is 1.71. The van der Waals surface area contributed by atoms with Crippen molar-refractivity contribution in [3.63, 3.8) is 0 Å². The summed E-state index contributed by atoms with van der Waals surface area (Å²) in [5.41, 5.74) is 0.935. The van der Waals surface area contributed by atoms with Crippen molar-refractivity contribution in [1.29, 1.82) is 0 Å². The number of aromatic nitrogens is 1. The molecule has 1 aromatic rings. The largest absolute Gasteiger partial charge is 0.378 e. The maximum absolute atomic E-state index is 5.68. The number of rotatable bonds is 6. The van der Waals surface area contributed by atoms with Crippen LogP contribution in [0.5, 0.6) is 0 Å². The van der Waals surface area contributed by atoms with Gasteiger partial charge >= 0.3 is 0 Å². The van der Waals surface area contributed by atoms with Gasteiger partial charge in [0.1, 0.15) is 5.76 Å². The van der Waals surface area contributed by atoms with Gasteiger partial charge in [0.25, 0.3) is 0 Å². The van der Waals surface area contributed by atoms with E-state index in [9.17, 15) is 0 Å². The molecule has 0 aliphatic rings. The summed E-state index contributed by atoms with van der Waals surface area (Å²) in [6.07, 6.45) is 2.14. The van der Waals surface area contributed by atoms with Crippen molar-refractivity contribution in [3.05, 3.63) is 17.5 Å². The topological polar surface area (TPSA) is 35.3 Å². The minimum absolute atomic E-state index is 0.252. The highest BCUT2D eigenvalue weighted by Gasteiger charge is 2.14. The molecule has 86 valence electrons. The normalized spacial score (nSPS) is 13.4. The second-order valence-electron chi connectivity index (χ2n) is 4.35. The van der Waals surface area contributed by atoms with Crippen LogP contribution in [0.1, 0.15) is 38.6 Å². The van der Waals surface area contributed by atoms with E-state index >= 15 is 0 Å². The van der Waals surface area contributed by atoms with Gasteiger partial charge in [-0.25, -0.2) is 0 Å². The first-order valence-electron chi connectivity index (χ1n) is 5.65. The maximum Gasteiger partial charge on any atom is 0.139 e. The summed E-state index contributed by atoms with van der Waals surface area (Å²) in [6.45, 7) is 9.13. The van der Waals surface area contributed by atoms with Gasteiger partial charge < -0.3 is 9.26 Å². The molecule has 1 rings (SSSR count). The number of hydrogen-bond donors (Lipinski definition) is 0. The molecule has 0 aliphatic carbocycles. The average molecular weight is 211 g/mol. The molecular formula is C12H21NO2. The molecule has 3 heteroatoms. The van der Waals surface area contributed by atoms with Crippen LogP contribution in [-0.4, -0.2) is 17.9 Å². The van der Waals surface area contributed by atoms with Crippen LogP contribution < -0.4 is 0 Å². The summed E-state index contributed by atoms with van der Waals surface area (Å²) in [7, 11) is 0. The van der Waals surface area contributed by atoms with E-state index in [0.29, 0.717) is 5.92 Å². The molecule has 1 atom stereocenters. The Morgan fingerprint density at radius 3 is 2.67 bits per heavy atom. The molecule has 0 spiro atoms. The van der Waals surface area contributed by atoms with Crippen molar-refractivity contribution >= 4 is 0 Å². The van der Waals surface area contributed by atoms with Crippen LogP contribution in [0, 0.1) is 12.8 Å². The van der Waals surface area contributed by atoms with E-state index < -0.39 is 0 Å². The molecule has 15 heavy (non-hydrogen) atoms. The van der Waals surface area contributed by atoms with Crippen LogP contribution >= 0.6 is 0 Å². The molecule has 1 aromatic heterocycles. The first-order chi connectivity index (χ1) is 7.11. The summed E-state index contributed by atoms with van der Waals surface area (Å²) in [4.78, 5) is 0. The molecule has 0 aromatic carbocycles. The number of ether oxygens (including phenoxy) is 1. The van der Waals surface area contributed by atoms with Crippen molar-refractivity contribution < 1.29 is 9.26 Å². The number of hydrogen-bond acceptors (Lipinski definition) is 3. The molecule has 0 N–H and O–H groups in total. The van der Waals surface area contributed by atoms with Gasteiger partial charge in [0.15, 0.2) is 0 Å². The van der Waals surface area contributed by atoms with E-state index in [1.165, 1.54) is 0 Å². The fourth-order valence-electron chi connectivity index (χ4n) is 1.71. The molecule has 0 saturated heterocycles. The molecule has 3 nitrogen and oxygen atoms in total.